The van der Waals surface area contributed by atoms with Gasteiger partial charge in [-0.3, -0.25) is 9.59 Å². The van der Waals surface area contributed by atoms with Gasteiger partial charge in [-0.05, 0) is 71.5 Å². The molecule has 2 amide bonds. The smallest absolute Gasteiger partial charge is 0.336 e. The fraction of sp³-hybridized carbons (Fsp3) is 0.161. The second-order valence-corrected chi connectivity index (χ2v) is 10.2. The van der Waals surface area contributed by atoms with Crippen LogP contribution >= 0.6 is 0 Å². The molecule has 0 spiro atoms. The molecule has 0 aliphatic heterocycles. The molecule has 224 valence electrons. The minimum atomic E-state index is -1.29. The van der Waals surface area contributed by atoms with Gasteiger partial charge in [0.25, 0.3) is 5.91 Å². The topological polar surface area (TPSA) is 226 Å². The highest BCUT2D eigenvalue weighted by Crippen LogP contribution is 2.25. The molecular weight excluding hydrogens is 566 g/mol. The number of aromatic carboxylic acids is 1. The number of aromatic amines is 1. The van der Waals surface area contributed by atoms with Gasteiger partial charge >= 0.3 is 11.9 Å². The molecule has 5 rings (SSSR count). The van der Waals surface area contributed by atoms with Gasteiger partial charge in [0.1, 0.15) is 17.5 Å². The van der Waals surface area contributed by atoms with E-state index in [2.05, 4.69) is 25.6 Å². The van der Waals surface area contributed by atoms with Crippen LogP contribution in [0.3, 0.4) is 0 Å². The van der Waals surface area contributed by atoms with Crippen molar-refractivity contribution >= 4 is 63.0 Å². The fourth-order valence-corrected chi connectivity index (χ4v) is 4.99. The molecule has 2 aromatic heterocycles. The molecule has 2 heterocycles. The van der Waals surface area contributed by atoms with Gasteiger partial charge in [-0.25, -0.2) is 9.59 Å². The summed E-state index contributed by atoms with van der Waals surface area (Å²) in [5, 5.41) is 26.1. The number of anilines is 3. The van der Waals surface area contributed by atoms with Crippen molar-refractivity contribution in [3.05, 3.63) is 89.1 Å². The molecule has 0 bridgehead atoms. The number of amides is 2. The van der Waals surface area contributed by atoms with Crippen molar-refractivity contribution in [2.24, 2.45) is 0 Å². The zero-order valence-electron chi connectivity index (χ0n) is 23.3. The van der Waals surface area contributed by atoms with Crippen LogP contribution in [0.1, 0.15) is 44.7 Å². The Labute approximate surface area is 250 Å². The summed E-state index contributed by atoms with van der Waals surface area (Å²) in [5.74, 6) is -2.96. The number of fused-ring (bicyclic) bond motifs is 2. The summed E-state index contributed by atoms with van der Waals surface area (Å²) in [6.45, 7) is 0. The average molecular weight is 596 g/mol. The van der Waals surface area contributed by atoms with E-state index >= 15 is 0 Å². The largest absolute Gasteiger partial charge is 0.480 e. The van der Waals surface area contributed by atoms with Crippen LogP contribution in [0.15, 0.2) is 66.9 Å². The Morgan fingerprint density at radius 3 is 2.43 bits per heavy atom. The molecule has 0 radical (unpaired) electrons. The van der Waals surface area contributed by atoms with Crippen molar-refractivity contribution in [1.82, 2.24) is 20.3 Å². The van der Waals surface area contributed by atoms with Crippen LogP contribution in [0.4, 0.5) is 17.5 Å². The lowest BCUT2D eigenvalue weighted by atomic mass is 10.0. The first-order valence-electron chi connectivity index (χ1n) is 13.7. The molecule has 3 aromatic carbocycles. The Hall–Kier alpha value is -5.98. The van der Waals surface area contributed by atoms with Crippen LogP contribution in [-0.2, 0) is 22.4 Å². The number of carbonyl (C=O) groups is 4. The first-order chi connectivity index (χ1) is 21.1. The minimum Gasteiger partial charge on any atom is -0.480 e. The van der Waals surface area contributed by atoms with Crippen LogP contribution < -0.4 is 22.1 Å². The second-order valence-electron chi connectivity index (χ2n) is 10.2. The Morgan fingerprint density at radius 2 is 1.70 bits per heavy atom. The monoisotopic (exact) mass is 595 g/mol. The number of hydrogen-bond donors (Lipinski definition) is 7. The molecule has 0 saturated carbocycles. The number of rotatable bonds is 11. The Bertz CT molecular complexity index is 1900. The number of aromatic nitrogens is 3. The van der Waals surface area contributed by atoms with Crippen molar-refractivity contribution in [1.29, 1.82) is 0 Å². The standard InChI is InChI=1S/C31H29N7O6/c32-26-25-19(15-34-27(25)38-31(33)37-26)9-6-16-4-7-17(8-5-16)28(40)36-23(30(43)44)12-13-24(39)35-20-10-11-21-18(14-20)2-1-3-22(21)29(41)42/h1-5,7-8,10-11,14-15,23H,6,9,12-13H2,(H,35,39)(H,36,40)(H,41,42)(H,43,44)(H5,32,33,34,37,38)/t23-/m0/s1. The summed E-state index contributed by atoms with van der Waals surface area (Å²) in [7, 11) is 0. The second kappa shape index (κ2) is 12.5. The number of carboxylic acid groups (broad SMARTS) is 2. The molecule has 13 nitrogen and oxygen atoms in total. The van der Waals surface area contributed by atoms with E-state index in [0.29, 0.717) is 40.8 Å². The number of benzene rings is 3. The number of hydrogen-bond acceptors (Lipinski definition) is 8. The summed E-state index contributed by atoms with van der Waals surface area (Å²) in [4.78, 5) is 59.8. The van der Waals surface area contributed by atoms with Crippen molar-refractivity contribution < 1.29 is 29.4 Å². The average Bonchev–Trinajstić information content (AvgIpc) is 3.40. The first kappa shape index (κ1) is 29.5. The molecule has 0 unspecified atom stereocenters. The molecule has 0 aliphatic rings. The maximum Gasteiger partial charge on any atom is 0.336 e. The van der Waals surface area contributed by atoms with E-state index in [1.54, 1.807) is 54.6 Å². The number of carbonyl (C=O) groups excluding carboxylic acids is 2. The SMILES string of the molecule is Nc1nc(N)c2c(CCc3ccc(C(=O)N[C@@H](CCC(=O)Nc4ccc5c(C(=O)O)cccc5c4)C(=O)O)cc3)c[nH]c2n1. The molecule has 13 heteroatoms. The first-order valence-corrected chi connectivity index (χ1v) is 13.7. The highest BCUT2D eigenvalue weighted by atomic mass is 16.4. The molecule has 0 aliphatic carbocycles. The number of carboxylic acids is 2. The van der Waals surface area contributed by atoms with E-state index in [0.717, 1.165) is 16.5 Å². The van der Waals surface area contributed by atoms with E-state index in [9.17, 15) is 29.4 Å². The van der Waals surface area contributed by atoms with Crippen molar-refractivity contribution in [3.8, 4) is 0 Å². The predicted octanol–water partition coefficient (Wildman–Crippen LogP) is 3.36. The van der Waals surface area contributed by atoms with Gasteiger partial charge < -0.3 is 37.3 Å². The number of H-pyrrole nitrogens is 1. The number of aliphatic carboxylic acids is 1. The molecule has 44 heavy (non-hydrogen) atoms. The molecular formula is C31H29N7O6. The minimum absolute atomic E-state index is 0.0886. The third-order valence-corrected chi connectivity index (χ3v) is 7.22. The highest BCUT2D eigenvalue weighted by Gasteiger charge is 2.22. The van der Waals surface area contributed by atoms with Gasteiger partial charge in [-0.2, -0.15) is 9.97 Å². The summed E-state index contributed by atoms with van der Waals surface area (Å²) >= 11 is 0. The van der Waals surface area contributed by atoms with Gasteiger partial charge in [0, 0.05) is 23.9 Å². The summed E-state index contributed by atoms with van der Waals surface area (Å²) < 4.78 is 0. The van der Waals surface area contributed by atoms with Gasteiger partial charge in [-0.15, -0.1) is 0 Å². The van der Waals surface area contributed by atoms with Crippen LogP contribution in [0, 0.1) is 0 Å². The summed E-state index contributed by atoms with van der Waals surface area (Å²) in [5.41, 5.74) is 15.0. The summed E-state index contributed by atoms with van der Waals surface area (Å²) in [6.07, 6.45) is 2.78. The maximum atomic E-state index is 12.8. The van der Waals surface area contributed by atoms with Gasteiger partial charge in [0.05, 0.1) is 10.9 Å². The molecule has 5 aromatic rings. The number of nitrogen functional groups attached to an aromatic ring is 2. The van der Waals surface area contributed by atoms with Crippen molar-refractivity contribution in [2.45, 2.75) is 31.7 Å². The Balaban J connectivity index is 1.15. The highest BCUT2D eigenvalue weighted by molar-refractivity contribution is 6.05. The number of aryl methyl sites for hydroxylation is 2. The number of nitrogens with two attached hydrogens (primary N) is 2. The van der Waals surface area contributed by atoms with Crippen LogP contribution in [0.5, 0.6) is 0 Å². The third kappa shape index (κ3) is 6.57. The number of nitrogens with zero attached hydrogens (tertiary/aromatic N) is 2. The molecule has 1 atom stereocenters. The molecule has 0 saturated heterocycles. The Kier molecular flexibility index (Phi) is 8.37. The van der Waals surface area contributed by atoms with E-state index in [1.807, 2.05) is 6.20 Å². The van der Waals surface area contributed by atoms with Crippen LogP contribution in [0.2, 0.25) is 0 Å². The quantitative estimate of drug-likeness (QED) is 0.118. The zero-order chi connectivity index (χ0) is 31.4. The molecule has 0 fully saturated rings. The normalized spacial score (nSPS) is 11.7. The predicted molar refractivity (Wildman–Crippen MR) is 164 cm³/mol. The maximum absolute atomic E-state index is 12.8. The summed E-state index contributed by atoms with van der Waals surface area (Å²) in [6, 6.07) is 15.2. The van der Waals surface area contributed by atoms with Crippen LogP contribution in [0.25, 0.3) is 21.8 Å². The lowest BCUT2D eigenvalue weighted by Gasteiger charge is -2.15. The van der Waals surface area contributed by atoms with E-state index in [1.165, 1.54) is 6.07 Å². The third-order valence-electron chi connectivity index (χ3n) is 7.22. The number of nitrogens with one attached hydrogen (secondary N) is 3. The van der Waals surface area contributed by atoms with Crippen LogP contribution in [-0.4, -0.2) is 55.0 Å². The van der Waals surface area contributed by atoms with Gasteiger partial charge in [0.15, 0.2) is 0 Å². The Morgan fingerprint density at radius 1 is 0.932 bits per heavy atom. The zero-order valence-corrected chi connectivity index (χ0v) is 23.3. The van der Waals surface area contributed by atoms with E-state index in [4.69, 9.17) is 11.5 Å². The van der Waals surface area contributed by atoms with Gasteiger partial charge in [0.2, 0.25) is 11.9 Å². The lowest BCUT2D eigenvalue weighted by molar-refractivity contribution is -0.139. The fourth-order valence-electron chi connectivity index (χ4n) is 4.99. The lowest BCUT2D eigenvalue weighted by Crippen LogP contribution is -2.41. The molecule has 9 N–H and O–H groups in total. The van der Waals surface area contributed by atoms with Crippen molar-refractivity contribution in [3.63, 3.8) is 0 Å². The van der Waals surface area contributed by atoms with E-state index < -0.39 is 29.8 Å². The van der Waals surface area contributed by atoms with E-state index in [-0.39, 0.29) is 29.9 Å². The van der Waals surface area contributed by atoms with Crippen molar-refractivity contribution in [2.75, 3.05) is 16.8 Å². The van der Waals surface area contributed by atoms with Gasteiger partial charge in [-0.1, -0.05) is 30.3 Å².